The third-order valence-electron chi connectivity index (χ3n) is 2.77. The number of carboxylic acid groups (broad SMARTS) is 1. The number of hydrogen-bond acceptors (Lipinski definition) is 5. The Labute approximate surface area is 120 Å². The molecule has 0 amide bonds. The minimum atomic E-state index is -4.27. The molecule has 0 aliphatic rings. The maximum absolute atomic E-state index is 13.7. The van der Waals surface area contributed by atoms with Crippen LogP contribution < -0.4 is 0 Å². The fourth-order valence-electron chi connectivity index (χ4n) is 1.54. The number of nitrogens with zero attached hydrogens (tertiary/aromatic N) is 2. The summed E-state index contributed by atoms with van der Waals surface area (Å²) in [5.74, 6) is -3.44. The van der Waals surface area contributed by atoms with Gasteiger partial charge in [0.1, 0.15) is 10.7 Å². The Morgan fingerprint density at radius 2 is 2.10 bits per heavy atom. The van der Waals surface area contributed by atoms with Crippen molar-refractivity contribution in [3.05, 3.63) is 34.1 Å². The van der Waals surface area contributed by atoms with Crippen LogP contribution in [0.3, 0.4) is 0 Å². The van der Waals surface area contributed by atoms with Gasteiger partial charge in [-0.2, -0.15) is 4.31 Å². The topological polar surface area (TPSA) is 118 Å². The van der Waals surface area contributed by atoms with Gasteiger partial charge in [-0.05, 0) is 6.07 Å². The van der Waals surface area contributed by atoms with Crippen LogP contribution in [0.15, 0.2) is 23.1 Å². The first-order chi connectivity index (χ1) is 9.57. The van der Waals surface area contributed by atoms with Crippen LogP contribution in [-0.2, 0) is 14.8 Å². The average molecular weight is 320 g/mol. The van der Waals surface area contributed by atoms with Gasteiger partial charge in [0, 0.05) is 19.7 Å². The quantitative estimate of drug-likeness (QED) is 0.619. The highest BCUT2D eigenvalue weighted by Gasteiger charge is 2.28. The molecular formula is C11H13FN2O6S. The van der Waals surface area contributed by atoms with Gasteiger partial charge in [0.05, 0.1) is 16.9 Å². The lowest BCUT2D eigenvalue weighted by Crippen LogP contribution is -2.34. The second-order valence-electron chi connectivity index (χ2n) is 4.40. The first-order valence-corrected chi connectivity index (χ1v) is 7.14. The largest absolute Gasteiger partial charge is 0.481 e. The second kappa shape index (κ2) is 6.14. The number of sulfonamides is 1. The molecule has 1 atom stereocenters. The molecule has 0 saturated heterocycles. The number of non-ortho nitro benzene ring substituents is 1. The fourth-order valence-corrected chi connectivity index (χ4v) is 2.84. The number of rotatable bonds is 6. The summed E-state index contributed by atoms with van der Waals surface area (Å²) in [5.41, 5.74) is -0.576. The minimum Gasteiger partial charge on any atom is -0.481 e. The van der Waals surface area contributed by atoms with Gasteiger partial charge in [0.25, 0.3) is 5.69 Å². The second-order valence-corrected chi connectivity index (χ2v) is 6.41. The predicted octanol–water partition coefficient (Wildman–Crippen LogP) is 1.08. The van der Waals surface area contributed by atoms with E-state index in [2.05, 4.69) is 0 Å². The van der Waals surface area contributed by atoms with Crippen molar-refractivity contribution >= 4 is 21.7 Å². The number of carbonyl (C=O) groups is 1. The molecule has 0 aliphatic carbocycles. The molecule has 1 rings (SSSR count). The minimum absolute atomic E-state index is 0.353. The summed E-state index contributed by atoms with van der Waals surface area (Å²) >= 11 is 0. The lowest BCUT2D eigenvalue weighted by atomic mass is 10.2. The van der Waals surface area contributed by atoms with Gasteiger partial charge in [-0.3, -0.25) is 14.9 Å². The highest BCUT2D eigenvalue weighted by atomic mass is 32.2. The molecule has 1 unspecified atom stereocenters. The van der Waals surface area contributed by atoms with Crippen LogP contribution in [0.2, 0.25) is 0 Å². The molecule has 0 spiro atoms. The Morgan fingerprint density at radius 3 is 2.52 bits per heavy atom. The number of hydrogen-bond donors (Lipinski definition) is 1. The first-order valence-electron chi connectivity index (χ1n) is 5.70. The normalized spacial score (nSPS) is 13.1. The Kier molecular flexibility index (Phi) is 4.97. The van der Waals surface area contributed by atoms with Crippen LogP contribution in [-0.4, -0.2) is 42.3 Å². The van der Waals surface area contributed by atoms with E-state index in [0.29, 0.717) is 10.4 Å². The van der Waals surface area contributed by atoms with Gasteiger partial charge in [-0.15, -0.1) is 0 Å². The summed E-state index contributed by atoms with van der Waals surface area (Å²) < 4.78 is 38.7. The molecule has 1 aromatic rings. The van der Waals surface area contributed by atoms with E-state index in [1.165, 1.54) is 6.92 Å². The van der Waals surface area contributed by atoms with E-state index in [4.69, 9.17) is 5.11 Å². The molecule has 116 valence electrons. The van der Waals surface area contributed by atoms with E-state index in [9.17, 15) is 27.7 Å². The third kappa shape index (κ3) is 3.73. The fraction of sp³-hybridized carbons (Fsp3) is 0.364. The molecule has 0 heterocycles. The van der Waals surface area contributed by atoms with E-state index in [1.807, 2.05) is 0 Å². The highest BCUT2D eigenvalue weighted by molar-refractivity contribution is 7.89. The van der Waals surface area contributed by atoms with E-state index >= 15 is 0 Å². The molecule has 0 radical (unpaired) electrons. The van der Waals surface area contributed by atoms with Gasteiger partial charge >= 0.3 is 5.97 Å². The lowest BCUT2D eigenvalue weighted by Gasteiger charge is -2.19. The zero-order valence-electron chi connectivity index (χ0n) is 11.2. The van der Waals surface area contributed by atoms with Crippen molar-refractivity contribution in [1.82, 2.24) is 4.31 Å². The first kappa shape index (κ1) is 17.0. The van der Waals surface area contributed by atoms with Gasteiger partial charge < -0.3 is 5.11 Å². The Balaban J connectivity index is 3.13. The van der Waals surface area contributed by atoms with E-state index in [-0.39, 0.29) is 6.54 Å². The van der Waals surface area contributed by atoms with E-state index < -0.39 is 43.2 Å². The van der Waals surface area contributed by atoms with Crippen molar-refractivity contribution < 1.29 is 27.6 Å². The van der Waals surface area contributed by atoms with Gasteiger partial charge in [0.2, 0.25) is 10.0 Å². The summed E-state index contributed by atoms with van der Waals surface area (Å²) in [6.07, 6.45) is 0. The third-order valence-corrected chi connectivity index (χ3v) is 4.62. The molecule has 0 bridgehead atoms. The molecule has 0 aliphatic heterocycles. The number of aliphatic carboxylic acids is 1. The van der Waals surface area contributed by atoms with Crippen LogP contribution >= 0.6 is 0 Å². The summed E-state index contributed by atoms with van der Waals surface area (Å²) in [6.45, 7) is 0.953. The van der Waals surface area contributed by atoms with Crippen molar-refractivity contribution in [3.8, 4) is 0 Å². The van der Waals surface area contributed by atoms with Crippen molar-refractivity contribution in [3.63, 3.8) is 0 Å². The summed E-state index contributed by atoms with van der Waals surface area (Å²) in [7, 11) is -3.16. The number of carboxylic acids is 1. The molecule has 1 N–H and O–H groups in total. The number of nitro benzene ring substituents is 1. The summed E-state index contributed by atoms with van der Waals surface area (Å²) in [4.78, 5) is 19.6. The standard InChI is InChI=1S/C11H13FN2O6S/c1-7(11(15)16)6-13(2)21(19,20)10-4-3-8(14(17)18)5-9(10)12/h3-5,7H,6H2,1-2H3,(H,15,16). The molecule has 1 aromatic carbocycles. The highest BCUT2D eigenvalue weighted by Crippen LogP contribution is 2.23. The number of halogens is 1. The average Bonchev–Trinajstić information content (AvgIpc) is 2.37. The molecule has 0 saturated carbocycles. The monoisotopic (exact) mass is 320 g/mol. The van der Waals surface area contributed by atoms with Crippen molar-refractivity contribution in [2.45, 2.75) is 11.8 Å². The Morgan fingerprint density at radius 1 is 1.52 bits per heavy atom. The van der Waals surface area contributed by atoms with Crippen molar-refractivity contribution in [2.24, 2.45) is 5.92 Å². The Bertz CT molecular complexity index is 675. The zero-order valence-corrected chi connectivity index (χ0v) is 12.0. The summed E-state index contributed by atoms with van der Waals surface area (Å²) in [5, 5.41) is 19.2. The van der Waals surface area contributed by atoms with Crippen molar-refractivity contribution in [2.75, 3.05) is 13.6 Å². The van der Waals surface area contributed by atoms with E-state index in [0.717, 1.165) is 19.2 Å². The van der Waals surface area contributed by atoms with Crippen LogP contribution in [0.5, 0.6) is 0 Å². The van der Waals surface area contributed by atoms with Crippen LogP contribution in [0.4, 0.5) is 10.1 Å². The number of benzene rings is 1. The molecule has 21 heavy (non-hydrogen) atoms. The van der Waals surface area contributed by atoms with Crippen LogP contribution in [0.25, 0.3) is 0 Å². The maximum Gasteiger partial charge on any atom is 0.307 e. The molecule has 0 aromatic heterocycles. The van der Waals surface area contributed by atoms with Crippen LogP contribution in [0, 0.1) is 21.8 Å². The van der Waals surface area contributed by atoms with Crippen LogP contribution in [0.1, 0.15) is 6.92 Å². The molecule has 10 heteroatoms. The zero-order chi connectivity index (χ0) is 16.4. The van der Waals surface area contributed by atoms with Gasteiger partial charge in [-0.25, -0.2) is 12.8 Å². The SMILES string of the molecule is CC(CN(C)S(=O)(=O)c1ccc([N+](=O)[O-])cc1F)C(=O)O. The lowest BCUT2D eigenvalue weighted by molar-refractivity contribution is -0.385. The smallest absolute Gasteiger partial charge is 0.307 e. The Hall–Kier alpha value is -2.07. The number of nitro groups is 1. The molecular weight excluding hydrogens is 307 g/mol. The van der Waals surface area contributed by atoms with E-state index in [1.54, 1.807) is 0 Å². The van der Waals surface area contributed by atoms with Crippen molar-refractivity contribution in [1.29, 1.82) is 0 Å². The van der Waals surface area contributed by atoms with Gasteiger partial charge in [-0.1, -0.05) is 6.92 Å². The molecule has 0 fully saturated rings. The summed E-state index contributed by atoms with van der Waals surface area (Å²) in [6, 6.07) is 2.15. The maximum atomic E-state index is 13.7. The predicted molar refractivity (Wildman–Crippen MR) is 69.7 cm³/mol. The van der Waals surface area contributed by atoms with Gasteiger partial charge in [0.15, 0.2) is 0 Å². The molecule has 8 nitrogen and oxygen atoms in total.